The van der Waals surface area contributed by atoms with Gasteiger partial charge in [0.1, 0.15) is 0 Å². The van der Waals surface area contributed by atoms with Gasteiger partial charge in [0.15, 0.2) is 0 Å². The standard InChI is InChI=1S/C16H33N3/c1-14(2)15-12-17-16(8-5-6-9-16)13-19(15)11-7-10-18(3)4/h14-15,17H,5-13H2,1-4H3. The Morgan fingerprint density at radius 2 is 1.95 bits per heavy atom. The van der Waals surface area contributed by atoms with Crippen LogP contribution < -0.4 is 5.32 Å². The Hall–Kier alpha value is -0.120. The summed E-state index contributed by atoms with van der Waals surface area (Å²) in [7, 11) is 4.35. The van der Waals surface area contributed by atoms with Gasteiger partial charge in [0, 0.05) is 24.7 Å². The molecule has 0 bridgehead atoms. The van der Waals surface area contributed by atoms with Crippen LogP contribution in [0.1, 0.15) is 46.0 Å². The summed E-state index contributed by atoms with van der Waals surface area (Å²) in [6, 6.07) is 0.730. The molecule has 1 unspecified atom stereocenters. The molecule has 1 saturated carbocycles. The Kier molecular flexibility index (Phi) is 5.27. The SMILES string of the molecule is CC(C)C1CNC2(CCCC2)CN1CCCN(C)C. The van der Waals surface area contributed by atoms with Gasteiger partial charge < -0.3 is 10.2 Å². The predicted molar refractivity (Wildman–Crippen MR) is 82.6 cm³/mol. The average Bonchev–Trinajstić information content (AvgIpc) is 2.76. The molecule has 3 heteroatoms. The minimum absolute atomic E-state index is 0.462. The van der Waals surface area contributed by atoms with Crippen LogP contribution >= 0.6 is 0 Å². The smallest absolute Gasteiger partial charge is 0.0309 e. The fourth-order valence-electron chi connectivity index (χ4n) is 3.89. The van der Waals surface area contributed by atoms with Crippen LogP contribution in [0.3, 0.4) is 0 Å². The summed E-state index contributed by atoms with van der Waals surface area (Å²) < 4.78 is 0. The van der Waals surface area contributed by atoms with Crippen molar-refractivity contribution in [3.63, 3.8) is 0 Å². The number of piperazine rings is 1. The highest BCUT2D eigenvalue weighted by atomic mass is 15.3. The molecule has 0 aromatic carbocycles. The molecule has 1 spiro atoms. The molecule has 0 amide bonds. The molecule has 1 aliphatic heterocycles. The van der Waals surface area contributed by atoms with Crippen molar-refractivity contribution in [1.29, 1.82) is 0 Å². The van der Waals surface area contributed by atoms with Crippen molar-refractivity contribution < 1.29 is 0 Å². The maximum atomic E-state index is 3.90. The van der Waals surface area contributed by atoms with Crippen LogP contribution in [0, 0.1) is 5.92 Å². The maximum Gasteiger partial charge on any atom is 0.0309 e. The lowest BCUT2D eigenvalue weighted by Crippen LogP contribution is -2.64. The van der Waals surface area contributed by atoms with Crippen LogP contribution in [-0.4, -0.2) is 61.7 Å². The van der Waals surface area contributed by atoms with Crippen LogP contribution in [0.5, 0.6) is 0 Å². The maximum absolute atomic E-state index is 3.90. The van der Waals surface area contributed by atoms with E-state index in [0.717, 1.165) is 12.0 Å². The van der Waals surface area contributed by atoms with Gasteiger partial charge in [-0.25, -0.2) is 0 Å². The highest BCUT2D eigenvalue weighted by Crippen LogP contribution is 2.34. The van der Waals surface area contributed by atoms with E-state index < -0.39 is 0 Å². The summed E-state index contributed by atoms with van der Waals surface area (Å²) in [6.45, 7) is 9.70. The van der Waals surface area contributed by atoms with E-state index in [4.69, 9.17) is 0 Å². The first-order valence-corrected chi connectivity index (χ1v) is 8.16. The molecule has 3 nitrogen and oxygen atoms in total. The molecule has 0 aromatic heterocycles. The van der Waals surface area contributed by atoms with E-state index in [-0.39, 0.29) is 0 Å². The summed E-state index contributed by atoms with van der Waals surface area (Å²) in [6.07, 6.45) is 6.92. The van der Waals surface area contributed by atoms with Crippen LogP contribution in [-0.2, 0) is 0 Å². The molecule has 2 rings (SSSR count). The first-order valence-electron chi connectivity index (χ1n) is 8.16. The van der Waals surface area contributed by atoms with Gasteiger partial charge in [0.25, 0.3) is 0 Å². The van der Waals surface area contributed by atoms with Gasteiger partial charge in [0.05, 0.1) is 0 Å². The molecule has 1 heterocycles. The first kappa shape index (κ1) is 15.3. The normalized spacial score (nSPS) is 27.8. The van der Waals surface area contributed by atoms with E-state index in [2.05, 4.69) is 43.1 Å². The van der Waals surface area contributed by atoms with Crippen molar-refractivity contribution in [2.75, 3.05) is 40.3 Å². The van der Waals surface area contributed by atoms with E-state index in [9.17, 15) is 0 Å². The molecule has 1 saturated heterocycles. The fraction of sp³-hybridized carbons (Fsp3) is 1.00. The molecule has 0 aromatic rings. The zero-order valence-corrected chi connectivity index (χ0v) is 13.4. The molecule has 2 aliphatic rings. The van der Waals surface area contributed by atoms with Gasteiger partial charge in [-0.3, -0.25) is 4.90 Å². The molecular formula is C16H33N3. The second-order valence-electron chi connectivity index (χ2n) is 7.31. The van der Waals surface area contributed by atoms with Crippen molar-refractivity contribution in [3.05, 3.63) is 0 Å². The number of nitrogens with one attached hydrogen (secondary N) is 1. The van der Waals surface area contributed by atoms with Gasteiger partial charge in [-0.15, -0.1) is 0 Å². The molecule has 0 radical (unpaired) electrons. The molecule has 19 heavy (non-hydrogen) atoms. The molecular weight excluding hydrogens is 234 g/mol. The van der Waals surface area contributed by atoms with Gasteiger partial charge >= 0.3 is 0 Å². The molecule has 1 aliphatic carbocycles. The minimum Gasteiger partial charge on any atom is -0.309 e. The Labute approximate surface area is 119 Å². The third-order valence-corrected chi connectivity index (χ3v) is 5.04. The Balaban J connectivity index is 1.92. The van der Waals surface area contributed by atoms with Crippen LogP contribution in [0.15, 0.2) is 0 Å². The second kappa shape index (κ2) is 6.55. The van der Waals surface area contributed by atoms with E-state index in [1.165, 1.54) is 58.3 Å². The third kappa shape index (κ3) is 3.93. The topological polar surface area (TPSA) is 18.5 Å². The van der Waals surface area contributed by atoms with Crippen molar-refractivity contribution >= 4 is 0 Å². The van der Waals surface area contributed by atoms with Crippen LogP contribution in [0.4, 0.5) is 0 Å². The fourth-order valence-corrected chi connectivity index (χ4v) is 3.89. The summed E-state index contributed by atoms with van der Waals surface area (Å²) in [5, 5.41) is 3.90. The van der Waals surface area contributed by atoms with Crippen molar-refractivity contribution in [3.8, 4) is 0 Å². The first-order chi connectivity index (χ1) is 9.02. The predicted octanol–water partition coefficient (Wildman–Crippen LogP) is 2.18. The van der Waals surface area contributed by atoms with Crippen LogP contribution in [0.25, 0.3) is 0 Å². The number of hydrogen-bond donors (Lipinski definition) is 1. The second-order valence-corrected chi connectivity index (χ2v) is 7.31. The van der Waals surface area contributed by atoms with Crippen molar-refractivity contribution in [2.45, 2.75) is 57.5 Å². The third-order valence-electron chi connectivity index (χ3n) is 5.04. The summed E-state index contributed by atoms with van der Waals surface area (Å²) >= 11 is 0. The zero-order valence-electron chi connectivity index (χ0n) is 13.4. The Morgan fingerprint density at radius 3 is 2.53 bits per heavy atom. The van der Waals surface area contributed by atoms with E-state index in [1.807, 2.05) is 0 Å². The average molecular weight is 267 g/mol. The number of nitrogens with zero attached hydrogens (tertiary/aromatic N) is 2. The molecule has 1 N–H and O–H groups in total. The molecule has 112 valence electrons. The Bertz CT molecular complexity index is 269. The quantitative estimate of drug-likeness (QED) is 0.824. The highest BCUT2D eigenvalue weighted by Gasteiger charge is 2.41. The van der Waals surface area contributed by atoms with Crippen LogP contribution in [0.2, 0.25) is 0 Å². The zero-order chi connectivity index (χ0) is 13.9. The summed E-state index contributed by atoms with van der Waals surface area (Å²) in [4.78, 5) is 5.09. The highest BCUT2D eigenvalue weighted by molar-refractivity contribution is 5.01. The van der Waals surface area contributed by atoms with Gasteiger partial charge in [-0.05, 0) is 52.4 Å². The summed E-state index contributed by atoms with van der Waals surface area (Å²) in [5.74, 6) is 0.755. The van der Waals surface area contributed by atoms with Crippen molar-refractivity contribution in [2.24, 2.45) is 5.92 Å². The monoisotopic (exact) mass is 267 g/mol. The van der Waals surface area contributed by atoms with Crippen molar-refractivity contribution in [1.82, 2.24) is 15.1 Å². The number of rotatable bonds is 5. The summed E-state index contributed by atoms with van der Waals surface area (Å²) in [5.41, 5.74) is 0.462. The van der Waals surface area contributed by atoms with E-state index in [1.54, 1.807) is 0 Å². The lowest BCUT2D eigenvalue weighted by atomic mass is 9.89. The lowest BCUT2D eigenvalue weighted by molar-refractivity contribution is 0.0547. The minimum atomic E-state index is 0.462. The molecule has 2 fully saturated rings. The lowest BCUT2D eigenvalue weighted by Gasteiger charge is -2.48. The largest absolute Gasteiger partial charge is 0.309 e. The van der Waals surface area contributed by atoms with Gasteiger partial charge in [-0.2, -0.15) is 0 Å². The number of hydrogen-bond acceptors (Lipinski definition) is 3. The Morgan fingerprint density at radius 1 is 1.26 bits per heavy atom. The molecule has 1 atom stereocenters. The van der Waals surface area contributed by atoms with E-state index in [0.29, 0.717) is 5.54 Å². The van der Waals surface area contributed by atoms with Gasteiger partial charge in [0.2, 0.25) is 0 Å². The van der Waals surface area contributed by atoms with E-state index >= 15 is 0 Å². The van der Waals surface area contributed by atoms with Gasteiger partial charge in [-0.1, -0.05) is 26.7 Å².